The number of rotatable bonds is 6. The Labute approximate surface area is 121 Å². The zero-order valence-electron chi connectivity index (χ0n) is 13.0. The Kier molecular flexibility index (Phi) is 6.99. The van der Waals surface area contributed by atoms with E-state index in [9.17, 15) is 14.7 Å². The van der Waals surface area contributed by atoms with Crippen LogP contribution in [0.5, 0.6) is 0 Å². The molecule has 5 heteroatoms. The number of hydrogen-bond acceptors (Lipinski definition) is 3. The predicted molar refractivity (Wildman–Crippen MR) is 78.1 cm³/mol. The lowest BCUT2D eigenvalue weighted by molar-refractivity contribution is -0.136. The van der Waals surface area contributed by atoms with Crippen molar-refractivity contribution in [1.82, 2.24) is 9.80 Å². The summed E-state index contributed by atoms with van der Waals surface area (Å²) in [6, 6.07) is 0. The average molecular weight is 284 g/mol. The lowest BCUT2D eigenvalue weighted by atomic mass is 9.96. The molecule has 2 unspecified atom stereocenters. The van der Waals surface area contributed by atoms with Gasteiger partial charge in [0.25, 0.3) is 0 Å². The van der Waals surface area contributed by atoms with Crippen molar-refractivity contribution in [2.24, 2.45) is 5.92 Å². The Hall–Kier alpha value is -1.10. The summed E-state index contributed by atoms with van der Waals surface area (Å²) < 4.78 is 0. The van der Waals surface area contributed by atoms with Crippen molar-refractivity contribution in [1.29, 1.82) is 0 Å². The van der Waals surface area contributed by atoms with E-state index in [1.54, 1.807) is 9.80 Å². The van der Waals surface area contributed by atoms with Gasteiger partial charge >= 0.3 is 0 Å². The predicted octanol–water partition coefficient (Wildman–Crippen LogP) is 1.25. The molecule has 1 aliphatic rings. The molecule has 0 aromatic heterocycles. The first-order chi connectivity index (χ1) is 9.49. The fraction of sp³-hybridized carbons (Fsp3) is 0.867. The van der Waals surface area contributed by atoms with E-state index in [2.05, 4.69) is 0 Å². The van der Waals surface area contributed by atoms with Crippen molar-refractivity contribution >= 4 is 11.8 Å². The molecule has 116 valence electrons. The molecule has 0 aromatic carbocycles. The number of hydrogen-bond donors (Lipinski definition) is 1. The van der Waals surface area contributed by atoms with Gasteiger partial charge in [0.2, 0.25) is 11.8 Å². The third-order valence-electron chi connectivity index (χ3n) is 4.17. The highest BCUT2D eigenvalue weighted by atomic mass is 16.3. The van der Waals surface area contributed by atoms with Crippen LogP contribution in [0, 0.1) is 5.92 Å². The van der Waals surface area contributed by atoms with E-state index in [-0.39, 0.29) is 17.7 Å². The molecule has 0 aromatic rings. The summed E-state index contributed by atoms with van der Waals surface area (Å²) >= 11 is 0. The minimum atomic E-state index is -0.412. The Balaban J connectivity index is 2.28. The number of likely N-dealkylation sites (tertiary alicyclic amines) is 1. The third kappa shape index (κ3) is 4.78. The molecule has 0 saturated carbocycles. The van der Waals surface area contributed by atoms with Gasteiger partial charge in [0.1, 0.15) is 0 Å². The van der Waals surface area contributed by atoms with Crippen molar-refractivity contribution < 1.29 is 14.7 Å². The minimum Gasteiger partial charge on any atom is -0.391 e. The molecule has 0 aliphatic carbocycles. The van der Waals surface area contributed by atoms with Crippen molar-refractivity contribution in [3.05, 3.63) is 0 Å². The van der Waals surface area contributed by atoms with Gasteiger partial charge in [0.15, 0.2) is 0 Å². The SMILES string of the molecule is CCN(CC)C(=O)CCCC(=O)N1CCC(C)C(O)C1. The summed E-state index contributed by atoms with van der Waals surface area (Å²) in [7, 11) is 0. The molecule has 1 saturated heterocycles. The van der Waals surface area contributed by atoms with Crippen LogP contribution in [0.4, 0.5) is 0 Å². The van der Waals surface area contributed by atoms with E-state index >= 15 is 0 Å². The first-order valence-electron chi connectivity index (χ1n) is 7.73. The average Bonchev–Trinajstić information content (AvgIpc) is 2.43. The number of piperidine rings is 1. The topological polar surface area (TPSA) is 60.9 Å². The molecular weight excluding hydrogens is 256 g/mol. The van der Waals surface area contributed by atoms with E-state index in [1.807, 2.05) is 20.8 Å². The smallest absolute Gasteiger partial charge is 0.222 e. The highest BCUT2D eigenvalue weighted by Crippen LogP contribution is 2.18. The highest BCUT2D eigenvalue weighted by molar-refractivity contribution is 5.79. The van der Waals surface area contributed by atoms with Gasteiger partial charge in [-0.3, -0.25) is 9.59 Å². The quantitative estimate of drug-likeness (QED) is 0.798. The van der Waals surface area contributed by atoms with Crippen LogP contribution in [0.15, 0.2) is 0 Å². The number of carbonyl (C=O) groups is 2. The molecule has 1 heterocycles. The van der Waals surface area contributed by atoms with Crippen LogP contribution >= 0.6 is 0 Å². The summed E-state index contributed by atoms with van der Waals surface area (Å²) in [6.07, 6.45) is 1.86. The molecule has 2 amide bonds. The Morgan fingerprint density at radius 1 is 1.25 bits per heavy atom. The summed E-state index contributed by atoms with van der Waals surface area (Å²) in [6.45, 7) is 8.53. The molecule has 2 atom stereocenters. The van der Waals surface area contributed by atoms with Gasteiger partial charge < -0.3 is 14.9 Å². The molecule has 0 radical (unpaired) electrons. The van der Waals surface area contributed by atoms with Gasteiger partial charge in [-0.15, -0.1) is 0 Å². The van der Waals surface area contributed by atoms with Gasteiger partial charge in [0, 0.05) is 39.0 Å². The first-order valence-corrected chi connectivity index (χ1v) is 7.73. The molecular formula is C15H28N2O3. The van der Waals surface area contributed by atoms with Gasteiger partial charge in [-0.05, 0) is 32.6 Å². The zero-order chi connectivity index (χ0) is 15.1. The zero-order valence-corrected chi connectivity index (χ0v) is 13.0. The lowest BCUT2D eigenvalue weighted by Crippen LogP contribution is -2.45. The Bertz CT molecular complexity index is 329. The van der Waals surface area contributed by atoms with Crippen molar-refractivity contribution in [2.45, 2.75) is 52.6 Å². The summed E-state index contributed by atoms with van der Waals surface area (Å²) in [5.41, 5.74) is 0. The molecule has 1 fully saturated rings. The van der Waals surface area contributed by atoms with E-state index in [0.717, 1.165) is 26.1 Å². The van der Waals surface area contributed by atoms with Crippen LogP contribution in [-0.4, -0.2) is 59.0 Å². The van der Waals surface area contributed by atoms with Crippen LogP contribution in [-0.2, 0) is 9.59 Å². The molecule has 20 heavy (non-hydrogen) atoms. The number of β-amino-alcohol motifs (C(OH)–C–C–N with tert-alkyl or cyclic N) is 1. The van der Waals surface area contributed by atoms with Crippen LogP contribution < -0.4 is 0 Å². The van der Waals surface area contributed by atoms with E-state index < -0.39 is 6.10 Å². The van der Waals surface area contributed by atoms with Crippen LogP contribution in [0.2, 0.25) is 0 Å². The maximum absolute atomic E-state index is 12.0. The number of aliphatic hydroxyl groups excluding tert-OH is 1. The molecule has 1 rings (SSSR count). The largest absolute Gasteiger partial charge is 0.391 e. The van der Waals surface area contributed by atoms with E-state index in [0.29, 0.717) is 25.8 Å². The number of amides is 2. The fourth-order valence-corrected chi connectivity index (χ4v) is 2.56. The van der Waals surface area contributed by atoms with Crippen molar-refractivity contribution in [3.8, 4) is 0 Å². The molecule has 1 aliphatic heterocycles. The van der Waals surface area contributed by atoms with Crippen LogP contribution in [0.25, 0.3) is 0 Å². The Morgan fingerprint density at radius 2 is 1.90 bits per heavy atom. The van der Waals surface area contributed by atoms with E-state index in [4.69, 9.17) is 0 Å². The monoisotopic (exact) mass is 284 g/mol. The lowest BCUT2D eigenvalue weighted by Gasteiger charge is -2.34. The third-order valence-corrected chi connectivity index (χ3v) is 4.17. The second-order valence-corrected chi connectivity index (χ2v) is 5.59. The molecule has 5 nitrogen and oxygen atoms in total. The number of carbonyl (C=O) groups excluding carboxylic acids is 2. The normalized spacial score (nSPS) is 22.7. The first kappa shape index (κ1) is 17.0. The van der Waals surface area contributed by atoms with Gasteiger partial charge in [0.05, 0.1) is 6.10 Å². The maximum Gasteiger partial charge on any atom is 0.222 e. The second kappa shape index (κ2) is 8.25. The van der Waals surface area contributed by atoms with Gasteiger partial charge in [-0.2, -0.15) is 0 Å². The van der Waals surface area contributed by atoms with E-state index in [1.165, 1.54) is 0 Å². The summed E-state index contributed by atoms with van der Waals surface area (Å²) in [4.78, 5) is 27.4. The highest BCUT2D eigenvalue weighted by Gasteiger charge is 2.26. The number of nitrogens with zero attached hydrogens (tertiary/aromatic N) is 2. The molecule has 1 N–H and O–H groups in total. The van der Waals surface area contributed by atoms with Crippen molar-refractivity contribution in [2.75, 3.05) is 26.2 Å². The van der Waals surface area contributed by atoms with Gasteiger partial charge in [-0.1, -0.05) is 6.92 Å². The Morgan fingerprint density at radius 3 is 2.45 bits per heavy atom. The maximum atomic E-state index is 12.0. The standard InChI is InChI=1S/C15H28N2O3/c1-4-16(5-2)14(19)7-6-8-15(20)17-10-9-12(3)13(18)11-17/h12-13,18H,4-11H2,1-3H3. The molecule has 0 spiro atoms. The summed E-state index contributed by atoms with van der Waals surface area (Å²) in [5, 5.41) is 9.79. The summed E-state index contributed by atoms with van der Waals surface area (Å²) in [5.74, 6) is 0.446. The minimum absolute atomic E-state index is 0.0586. The second-order valence-electron chi connectivity index (χ2n) is 5.59. The van der Waals surface area contributed by atoms with Gasteiger partial charge in [-0.25, -0.2) is 0 Å². The van der Waals surface area contributed by atoms with Crippen LogP contribution in [0.1, 0.15) is 46.5 Å². The fourth-order valence-electron chi connectivity index (χ4n) is 2.56. The molecule has 0 bridgehead atoms. The van der Waals surface area contributed by atoms with Crippen molar-refractivity contribution in [3.63, 3.8) is 0 Å². The number of aliphatic hydroxyl groups is 1. The van der Waals surface area contributed by atoms with Crippen LogP contribution in [0.3, 0.4) is 0 Å².